The number of ether oxygens (including phenoxy) is 1. The first kappa shape index (κ1) is 17.2. The number of methoxy groups -OCH3 is 1. The Bertz CT molecular complexity index is 862. The summed E-state index contributed by atoms with van der Waals surface area (Å²) in [6.45, 7) is 6.54. The number of phenols is 1. The molecule has 0 fully saturated rings. The lowest BCUT2D eigenvalue weighted by atomic mass is 9.99. The molecule has 1 aromatic carbocycles. The number of benzene rings is 1. The van der Waals surface area contributed by atoms with E-state index < -0.39 is 0 Å². The van der Waals surface area contributed by atoms with Crippen molar-refractivity contribution in [1.29, 1.82) is 0 Å². The number of aromatic hydroxyl groups is 1. The Labute approximate surface area is 156 Å². The van der Waals surface area contributed by atoms with Crippen LogP contribution in [0.4, 0.5) is 5.00 Å². The molecule has 7 heteroatoms. The lowest BCUT2D eigenvalue weighted by molar-refractivity contribution is -0.936. The Kier molecular flexibility index (Phi) is 4.28. The van der Waals surface area contributed by atoms with Gasteiger partial charge in [0.15, 0.2) is 11.5 Å². The zero-order valence-electron chi connectivity index (χ0n) is 15.2. The lowest BCUT2D eigenvalue weighted by Crippen LogP contribution is -3.14. The summed E-state index contributed by atoms with van der Waals surface area (Å²) in [4.78, 5) is 15.7. The quantitative estimate of drug-likeness (QED) is 0.659. The van der Waals surface area contributed by atoms with Gasteiger partial charge in [-0.3, -0.25) is 4.79 Å². The third-order valence-electron chi connectivity index (χ3n) is 5.31. The third-order valence-corrected chi connectivity index (χ3v) is 6.47. The predicted molar refractivity (Wildman–Crippen MR) is 101 cm³/mol. The number of anilines is 1. The van der Waals surface area contributed by atoms with Crippen LogP contribution in [0.2, 0.25) is 0 Å². The normalized spacial score (nSPS) is 21.6. The lowest BCUT2D eigenvalue weighted by Gasteiger charge is -2.28. The molecule has 1 aromatic heterocycles. The van der Waals surface area contributed by atoms with Crippen molar-refractivity contribution in [2.75, 3.05) is 19.0 Å². The zero-order valence-corrected chi connectivity index (χ0v) is 16.0. The number of amides is 1. The Morgan fingerprint density at radius 3 is 2.88 bits per heavy atom. The first-order valence-corrected chi connectivity index (χ1v) is 9.73. The number of nitrogens with one attached hydrogen (secondary N) is 3. The van der Waals surface area contributed by atoms with E-state index in [-0.39, 0.29) is 17.8 Å². The monoisotopic (exact) mass is 374 g/mol. The zero-order chi connectivity index (χ0) is 18.4. The summed E-state index contributed by atoms with van der Waals surface area (Å²) in [6.07, 6.45) is 0.611. The van der Waals surface area contributed by atoms with Gasteiger partial charge in [-0.05, 0) is 37.1 Å². The average molecular weight is 374 g/mol. The number of hydrogen-bond donors (Lipinski definition) is 4. The van der Waals surface area contributed by atoms with E-state index in [1.165, 1.54) is 17.6 Å². The van der Waals surface area contributed by atoms with Gasteiger partial charge in [0.25, 0.3) is 5.91 Å². The van der Waals surface area contributed by atoms with E-state index in [4.69, 9.17) is 4.74 Å². The van der Waals surface area contributed by atoms with Gasteiger partial charge < -0.3 is 25.4 Å². The molecule has 3 heterocycles. The highest BCUT2D eigenvalue weighted by atomic mass is 32.1. The van der Waals surface area contributed by atoms with Gasteiger partial charge in [-0.25, -0.2) is 0 Å². The van der Waals surface area contributed by atoms with Crippen LogP contribution in [0, 0.1) is 0 Å². The van der Waals surface area contributed by atoms with Gasteiger partial charge in [0.1, 0.15) is 17.7 Å². The molecule has 2 aliphatic rings. The molecule has 1 unspecified atom stereocenters. The maximum absolute atomic E-state index is 12.8. The van der Waals surface area contributed by atoms with Crippen molar-refractivity contribution in [3.8, 4) is 11.5 Å². The summed E-state index contributed by atoms with van der Waals surface area (Å²) >= 11 is 1.70. The SMILES string of the molecule is COc1cc([C@H]2NC(=O)c3c(sc4c3CC[NH+](C(C)C)C4)N2)ccc1O. The second-order valence-corrected chi connectivity index (χ2v) is 8.28. The van der Waals surface area contributed by atoms with Crippen LogP contribution in [0.3, 0.4) is 0 Å². The number of rotatable bonds is 3. The Morgan fingerprint density at radius 1 is 1.35 bits per heavy atom. The van der Waals surface area contributed by atoms with E-state index in [0.29, 0.717) is 11.8 Å². The van der Waals surface area contributed by atoms with Crippen molar-refractivity contribution >= 4 is 22.2 Å². The number of carbonyl (C=O) groups excluding carboxylic acids is 1. The Morgan fingerprint density at radius 2 is 2.15 bits per heavy atom. The van der Waals surface area contributed by atoms with Gasteiger partial charge in [-0.2, -0.15) is 0 Å². The fourth-order valence-corrected chi connectivity index (χ4v) is 5.07. The number of hydrogen-bond acceptors (Lipinski definition) is 5. The largest absolute Gasteiger partial charge is 0.504 e. The molecule has 0 saturated heterocycles. The maximum atomic E-state index is 12.8. The van der Waals surface area contributed by atoms with Crippen LogP contribution in [-0.2, 0) is 13.0 Å². The van der Waals surface area contributed by atoms with Gasteiger partial charge in [0, 0.05) is 6.42 Å². The second-order valence-electron chi connectivity index (χ2n) is 7.18. The minimum absolute atomic E-state index is 0.0266. The molecule has 138 valence electrons. The van der Waals surface area contributed by atoms with E-state index in [2.05, 4.69) is 24.5 Å². The molecule has 1 amide bonds. The minimum Gasteiger partial charge on any atom is -0.504 e. The van der Waals surface area contributed by atoms with E-state index >= 15 is 0 Å². The van der Waals surface area contributed by atoms with Gasteiger partial charge >= 0.3 is 0 Å². The van der Waals surface area contributed by atoms with Crippen molar-refractivity contribution in [1.82, 2.24) is 5.32 Å². The van der Waals surface area contributed by atoms with E-state index in [1.54, 1.807) is 34.4 Å². The molecular weight excluding hydrogens is 350 g/mol. The topological polar surface area (TPSA) is 75.0 Å². The molecule has 26 heavy (non-hydrogen) atoms. The van der Waals surface area contributed by atoms with E-state index in [9.17, 15) is 9.90 Å². The summed E-state index contributed by atoms with van der Waals surface area (Å²) in [5.74, 6) is 0.453. The van der Waals surface area contributed by atoms with E-state index in [0.717, 1.165) is 35.6 Å². The van der Waals surface area contributed by atoms with Crippen LogP contribution in [0.5, 0.6) is 11.5 Å². The molecule has 0 spiro atoms. The molecule has 2 atom stereocenters. The van der Waals surface area contributed by atoms with Crippen molar-refractivity contribution in [3.63, 3.8) is 0 Å². The van der Waals surface area contributed by atoms with Crippen LogP contribution in [0.1, 0.15) is 46.4 Å². The van der Waals surface area contributed by atoms with Crippen molar-refractivity contribution in [3.05, 3.63) is 39.8 Å². The van der Waals surface area contributed by atoms with Crippen molar-refractivity contribution in [2.45, 2.75) is 39.0 Å². The van der Waals surface area contributed by atoms with Gasteiger partial charge in [0.05, 0.1) is 30.1 Å². The maximum Gasteiger partial charge on any atom is 0.256 e. The molecule has 2 aliphatic heterocycles. The highest BCUT2D eigenvalue weighted by Gasteiger charge is 2.35. The standard InChI is InChI=1S/C19H23N3O3S/c1-10(2)22-7-6-12-15(9-22)26-19-16(12)18(24)20-17(21-19)11-4-5-13(23)14(8-11)25-3/h4-5,8,10,17,21,23H,6-7,9H2,1-3H3,(H,20,24)/p+1/t17-/m0/s1. The summed E-state index contributed by atoms with van der Waals surface area (Å²) in [6, 6.07) is 5.71. The number of thiophene rings is 1. The van der Waals surface area contributed by atoms with Crippen molar-refractivity contribution < 1.29 is 19.5 Å². The van der Waals surface area contributed by atoms with Gasteiger partial charge in [-0.1, -0.05) is 6.07 Å². The smallest absolute Gasteiger partial charge is 0.256 e. The van der Waals surface area contributed by atoms with Crippen molar-refractivity contribution in [2.24, 2.45) is 0 Å². The van der Waals surface area contributed by atoms with Crippen LogP contribution in [0.15, 0.2) is 18.2 Å². The summed E-state index contributed by atoms with van der Waals surface area (Å²) in [5.41, 5.74) is 2.87. The molecule has 0 radical (unpaired) electrons. The number of fused-ring (bicyclic) bond motifs is 3. The van der Waals surface area contributed by atoms with Crippen LogP contribution >= 0.6 is 11.3 Å². The summed E-state index contributed by atoms with van der Waals surface area (Å²) < 4.78 is 5.18. The summed E-state index contributed by atoms with van der Waals surface area (Å²) in [7, 11) is 1.51. The first-order chi connectivity index (χ1) is 12.5. The van der Waals surface area contributed by atoms with Crippen LogP contribution in [-0.4, -0.2) is 30.7 Å². The molecule has 2 aromatic rings. The third kappa shape index (κ3) is 2.81. The molecule has 4 rings (SSSR count). The van der Waals surface area contributed by atoms with Crippen LogP contribution in [0.25, 0.3) is 0 Å². The molecule has 4 N–H and O–H groups in total. The highest BCUT2D eigenvalue weighted by Crippen LogP contribution is 2.40. The second kappa shape index (κ2) is 6.48. The molecular formula is C19H24N3O3S+. The van der Waals surface area contributed by atoms with E-state index in [1.807, 2.05) is 0 Å². The Hall–Kier alpha value is -2.25. The highest BCUT2D eigenvalue weighted by molar-refractivity contribution is 7.16. The Balaban J connectivity index is 1.65. The fraction of sp³-hybridized carbons (Fsp3) is 0.421. The molecule has 0 saturated carbocycles. The van der Waals surface area contributed by atoms with Crippen LogP contribution < -0.4 is 20.3 Å². The predicted octanol–water partition coefficient (Wildman–Crippen LogP) is 1.67. The summed E-state index contributed by atoms with van der Waals surface area (Å²) in [5, 5.41) is 17.2. The molecule has 6 nitrogen and oxygen atoms in total. The first-order valence-electron chi connectivity index (χ1n) is 8.91. The number of carbonyl (C=O) groups is 1. The number of phenolic OH excluding ortho intramolecular Hbond substituents is 1. The van der Waals surface area contributed by atoms with Gasteiger partial charge in [0.2, 0.25) is 0 Å². The van der Waals surface area contributed by atoms with Gasteiger partial charge in [-0.15, -0.1) is 11.3 Å². The average Bonchev–Trinajstić information content (AvgIpc) is 2.99. The molecule has 0 bridgehead atoms. The molecule has 0 aliphatic carbocycles. The fourth-order valence-electron chi connectivity index (χ4n) is 3.75. The minimum atomic E-state index is -0.335. The number of quaternary nitrogens is 1.